The molecule has 0 spiro atoms. The lowest BCUT2D eigenvalue weighted by molar-refractivity contribution is 0.996. The third-order valence-electron chi connectivity index (χ3n) is 11.5. The van der Waals surface area contributed by atoms with Gasteiger partial charge in [-0.2, -0.15) is 0 Å². The smallest absolute Gasteiger partial charge is 0.182 e. The number of hydrogen-bond acceptors (Lipinski definition) is 2. The number of benzene rings is 8. The van der Waals surface area contributed by atoms with E-state index in [-0.39, 0.29) is 0 Å². The van der Waals surface area contributed by atoms with E-state index in [2.05, 4.69) is 171 Å². The molecule has 0 atom stereocenters. The molecule has 13 rings (SSSR count). The van der Waals surface area contributed by atoms with Gasteiger partial charge in [-0.15, -0.1) is 0 Å². The van der Waals surface area contributed by atoms with Gasteiger partial charge < -0.3 is 4.40 Å². The minimum Gasteiger partial charge on any atom is -0.308 e. The summed E-state index contributed by atoms with van der Waals surface area (Å²) in [6, 6.07) is 59.0. The molecule has 244 valence electrons. The largest absolute Gasteiger partial charge is 0.308 e. The van der Waals surface area contributed by atoms with Crippen molar-refractivity contribution >= 4 is 104 Å². The fraction of sp³-hybridized carbons (Fsp3) is 0. The van der Waals surface area contributed by atoms with Crippen LogP contribution in [0.3, 0.4) is 0 Å². The molecule has 13 aromatic rings. The van der Waals surface area contributed by atoms with Crippen molar-refractivity contribution in [2.75, 3.05) is 0 Å². The predicted molar refractivity (Wildman–Crippen MR) is 220 cm³/mol. The first-order chi connectivity index (χ1) is 26.3. The molecule has 5 nitrogen and oxygen atoms in total. The molecule has 0 unspecified atom stereocenters. The number of fused-ring (bicyclic) bond motifs is 16. The highest BCUT2D eigenvalue weighted by atomic mass is 15.2. The van der Waals surface area contributed by atoms with Gasteiger partial charge in [0, 0.05) is 43.1 Å². The van der Waals surface area contributed by atoms with Crippen LogP contribution >= 0.6 is 0 Å². The molecule has 8 aromatic carbocycles. The van der Waals surface area contributed by atoms with Crippen molar-refractivity contribution in [1.29, 1.82) is 0 Å². The van der Waals surface area contributed by atoms with Gasteiger partial charge in [0.2, 0.25) is 0 Å². The van der Waals surface area contributed by atoms with Crippen molar-refractivity contribution < 1.29 is 0 Å². The highest BCUT2D eigenvalue weighted by molar-refractivity contribution is 6.35. The maximum absolute atomic E-state index is 5.57. The summed E-state index contributed by atoms with van der Waals surface area (Å²) in [6.07, 6.45) is 0. The Bertz CT molecular complexity index is 3690. The quantitative estimate of drug-likeness (QED) is 0.183. The van der Waals surface area contributed by atoms with E-state index in [0.29, 0.717) is 0 Å². The van der Waals surface area contributed by atoms with Gasteiger partial charge in [0.05, 0.1) is 49.7 Å². The molecular weight excluding hydrogens is 647 g/mol. The third-order valence-corrected chi connectivity index (χ3v) is 11.5. The van der Waals surface area contributed by atoms with E-state index >= 15 is 0 Å². The molecule has 0 radical (unpaired) electrons. The topological polar surface area (TPSA) is 40.0 Å². The van der Waals surface area contributed by atoms with Gasteiger partial charge in [-0.05, 0) is 59.3 Å². The second-order valence-corrected chi connectivity index (χ2v) is 14.2. The summed E-state index contributed by atoms with van der Waals surface area (Å²) in [5, 5.41) is 12.3. The maximum atomic E-state index is 5.57. The molecule has 0 N–H and O–H groups in total. The van der Waals surface area contributed by atoms with Gasteiger partial charge in [-0.1, -0.05) is 115 Å². The van der Waals surface area contributed by atoms with E-state index in [9.17, 15) is 0 Å². The fourth-order valence-electron chi connectivity index (χ4n) is 9.44. The molecule has 5 heterocycles. The van der Waals surface area contributed by atoms with Crippen LogP contribution in [0.2, 0.25) is 0 Å². The Kier molecular flexibility index (Phi) is 5.06. The van der Waals surface area contributed by atoms with Crippen LogP contribution in [0.5, 0.6) is 0 Å². The molecule has 0 amide bonds. The summed E-state index contributed by atoms with van der Waals surface area (Å²) < 4.78 is 7.18. The summed E-state index contributed by atoms with van der Waals surface area (Å²) in [4.78, 5) is 11.1. The summed E-state index contributed by atoms with van der Waals surface area (Å²) in [6.45, 7) is 0. The average molecular weight is 674 g/mol. The fourth-order valence-corrected chi connectivity index (χ4v) is 9.44. The van der Waals surface area contributed by atoms with Crippen LogP contribution < -0.4 is 0 Å². The van der Waals surface area contributed by atoms with Crippen LogP contribution in [0.15, 0.2) is 164 Å². The molecule has 0 bridgehead atoms. The van der Waals surface area contributed by atoms with Crippen molar-refractivity contribution in [2.45, 2.75) is 0 Å². The minimum atomic E-state index is 0.798. The minimum absolute atomic E-state index is 0.798. The SMILES string of the molecule is c1ccc2c(c1)ccc1c2c2ccccc2n1-c1nc2ccccc2nc1-n1c2ccccc2c2c3c4ccccc4n4c5ccccc5c(cc21)c34. The van der Waals surface area contributed by atoms with Crippen LogP contribution in [0.4, 0.5) is 0 Å². The summed E-state index contributed by atoms with van der Waals surface area (Å²) in [5.41, 5.74) is 9.85. The monoisotopic (exact) mass is 673 g/mol. The Morgan fingerprint density at radius 2 is 0.811 bits per heavy atom. The lowest BCUT2D eigenvalue weighted by Crippen LogP contribution is -2.09. The summed E-state index contributed by atoms with van der Waals surface area (Å²) in [7, 11) is 0. The van der Waals surface area contributed by atoms with Gasteiger partial charge in [0.25, 0.3) is 0 Å². The molecule has 0 aliphatic heterocycles. The van der Waals surface area contributed by atoms with Crippen molar-refractivity contribution in [3.8, 4) is 11.6 Å². The number of aromatic nitrogens is 5. The second-order valence-electron chi connectivity index (χ2n) is 14.2. The molecule has 0 saturated heterocycles. The van der Waals surface area contributed by atoms with Crippen molar-refractivity contribution in [3.63, 3.8) is 0 Å². The third kappa shape index (κ3) is 3.37. The zero-order valence-corrected chi connectivity index (χ0v) is 28.3. The standard InChI is InChI=1S/C48H27N5/c1-2-14-29-28(13-1)25-26-41-43(29)31-16-4-11-23-39(31)52(41)47-48(50-36-20-8-7-19-35(36)49-47)53-40-24-12-5-17-32(40)44-42(53)27-34-30-15-3-9-21-37(30)51-38-22-10-6-18-33(38)45(44)46(34)51/h1-27H. The van der Waals surface area contributed by atoms with Gasteiger partial charge >= 0.3 is 0 Å². The Morgan fingerprint density at radius 3 is 1.49 bits per heavy atom. The Balaban J connectivity index is 1.27. The second kappa shape index (κ2) is 9.75. The van der Waals surface area contributed by atoms with Crippen molar-refractivity contribution in [2.24, 2.45) is 0 Å². The molecule has 0 saturated carbocycles. The molecule has 5 heteroatoms. The van der Waals surface area contributed by atoms with Crippen LogP contribution in [0.1, 0.15) is 0 Å². The predicted octanol–water partition coefficient (Wildman–Crippen LogP) is 12.1. The van der Waals surface area contributed by atoms with Gasteiger partial charge in [-0.3, -0.25) is 9.13 Å². The highest BCUT2D eigenvalue weighted by Crippen LogP contribution is 2.47. The van der Waals surface area contributed by atoms with Gasteiger partial charge in [0.1, 0.15) is 0 Å². The summed E-state index contributed by atoms with van der Waals surface area (Å²) in [5.74, 6) is 1.60. The first-order valence-corrected chi connectivity index (χ1v) is 18.1. The molecular formula is C48H27N5. The van der Waals surface area contributed by atoms with Crippen LogP contribution in [-0.2, 0) is 0 Å². The van der Waals surface area contributed by atoms with Crippen LogP contribution in [-0.4, -0.2) is 23.5 Å². The average Bonchev–Trinajstić information content (AvgIpc) is 3.94. The Morgan fingerprint density at radius 1 is 0.321 bits per heavy atom. The Hall–Kier alpha value is -7.24. The molecule has 0 aliphatic carbocycles. The van der Waals surface area contributed by atoms with E-state index in [4.69, 9.17) is 9.97 Å². The van der Waals surface area contributed by atoms with Crippen LogP contribution in [0, 0.1) is 0 Å². The molecule has 0 fully saturated rings. The molecule has 5 aromatic heterocycles. The highest BCUT2D eigenvalue weighted by Gasteiger charge is 2.27. The van der Waals surface area contributed by atoms with Crippen LogP contribution in [0.25, 0.3) is 115 Å². The lowest BCUT2D eigenvalue weighted by Gasteiger charge is -2.16. The van der Waals surface area contributed by atoms with Gasteiger partial charge in [-0.25, -0.2) is 9.97 Å². The van der Waals surface area contributed by atoms with E-state index in [1.54, 1.807) is 0 Å². The number of nitrogens with zero attached hydrogens (tertiary/aromatic N) is 5. The Labute approximate surface area is 301 Å². The van der Waals surface area contributed by atoms with Crippen molar-refractivity contribution in [3.05, 3.63) is 164 Å². The van der Waals surface area contributed by atoms with E-state index in [1.165, 1.54) is 70.4 Å². The normalized spacial score (nSPS) is 12.5. The maximum Gasteiger partial charge on any atom is 0.182 e. The summed E-state index contributed by atoms with van der Waals surface area (Å²) >= 11 is 0. The van der Waals surface area contributed by atoms with Crippen molar-refractivity contribution in [1.82, 2.24) is 23.5 Å². The van der Waals surface area contributed by atoms with Gasteiger partial charge in [0.15, 0.2) is 11.6 Å². The zero-order valence-electron chi connectivity index (χ0n) is 28.3. The number of rotatable bonds is 2. The number of hydrogen-bond donors (Lipinski definition) is 0. The van der Waals surface area contributed by atoms with E-state index in [1.807, 2.05) is 6.07 Å². The molecule has 0 aliphatic rings. The van der Waals surface area contributed by atoms with E-state index < -0.39 is 0 Å². The lowest BCUT2D eigenvalue weighted by atomic mass is 10.0. The number of para-hydroxylation sites is 6. The van der Waals surface area contributed by atoms with E-state index in [0.717, 1.165) is 44.7 Å². The molecule has 53 heavy (non-hydrogen) atoms. The zero-order chi connectivity index (χ0) is 34.4. The first kappa shape index (κ1) is 27.5. The first-order valence-electron chi connectivity index (χ1n) is 18.1.